The van der Waals surface area contributed by atoms with Crippen LogP contribution in [0.25, 0.3) is 0 Å². The molecule has 1 aliphatic carbocycles. The highest BCUT2D eigenvalue weighted by Crippen LogP contribution is 2.56. The van der Waals surface area contributed by atoms with Crippen molar-refractivity contribution in [1.29, 1.82) is 0 Å². The highest BCUT2D eigenvalue weighted by molar-refractivity contribution is 5.48. The average molecular weight is 247 g/mol. The zero-order valence-corrected chi connectivity index (χ0v) is 11.2. The molecule has 0 saturated heterocycles. The summed E-state index contributed by atoms with van der Waals surface area (Å²) in [6, 6.07) is 6.45. The molecule has 3 heteroatoms. The standard InChI is InChI=1S/C15H21NO2/c1-3-11-9-15(11,10-16-2)12-4-5-13-14(8-12)18-7-6-17-13/h4-5,8,11,16H,3,6-7,9-10H2,1-2H3. The smallest absolute Gasteiger partial charge is 0.161 e. The van der Waals surface area contributed by atoms with E-state index in [4.69, 9.17) is 9.47 Å². The van der Waals surface area contributed by atoms with E-state index in [-0.39, 0.29) is 0 Å². The van der Waals surface area contributed by atoms with Crippen LogP contribution < -0.4 is 14.8 Å². The number of ether oxygens (including phenoxy) is 2. The number of hydrogen-bond acceptors (Lipinski definition) is 3. The lowest BCUT2D eigenvalue weighted by molar-refractivity contribution is 0.171. The highest BCUT2D eigenvalue weighted by Gasteiger charge is 2.53. The van der Waals surface area contributed by atoms with Gasteiger partial charge in [-0.25, -0.2) is 0 Å². The van der Waals surface area contributed by atoms with Gasteiger partial charge in [0, 0.05) is 12.0 Å². The van der Waals surface area contributed by atoms with E-state index in [0.29, 0.717) is 18.6 Å². The number of likely N-dealkylation sites (N-methyl/N-ethyl adjacent to an activating group) is 1. The number of benzene rings is 1. The number of rotatable bonds is 4. The van der Waals surface area contributed by atoms with Crippen LogP contribution in [0.1, 0.15) is 25.3 Å². The molecule has 2 unspecified atom stereocenters. The zero-order chi connectivity index (χ0) is 12.6. The Morgan fingerprint density at radius 2 is 2.06 bits per heavy atom. The Morgan fingerprint density at radius 3 is 2.72 bits per heavy atom. The molecule has 1 heterocycles. The Balaban J connectivity index is 1.91. The lowest BCUT2D eigenvalue weighted by Crippen LogP contribution is -2.26. The Morgan fingerprint density at radius 1 is 1.28 bits per heavy atom. The van der Waals surface area contributed by atoms with Crippen molar-refractivity contribution in [3.05, 3.63) is 23.8 Å². The van der Waals surface area contributed by atoms with E-state index in [9.17, 15) is 0 Å². The zero-order valence-electron chi connectivity index (χ0n) is 11.2. The molecule has 0 amide bonds. The van der Waals surface area contributed by atoms with Gasteiger partial charge in [-0.15, -0.1) is 0 Å². The summed E-state index contributed by atoms with van der Waals surface area (Å²) < 4.78 is 11.3. The fourth-order valence-electron chi connectivity index (χ4n) is 3.26. The Labute approximate surface area is 108 Å². The molecule has 1 aromatic rings. The maximum Gasteiger partial charge on any atom is 0.161 e. The molecule has 98 valence electrons. The van der Waals surface area contributed by atoms with Crippen molar-refractivity contribution >= 4 is 0 Å². The minimum atomic E-state index is 0.319. The minimum absolute atomic E-state index is 0.319. The number of fused-ring (bicyclic) bond motifs is 1. The SMILES string of the molecule is CCC1CC1(CNC)c1ccc2c(c1)OCCO2. The van der Waals surface area contributed by atoms with Gasteiger partial charge in [0.2, 0.25) is 0 Å². The Hall–Kier alpha value is -1.22. The third-order valence-corrected chi connectivity index (χ3v) is 4.33. The van der Waals surface area contributed by atoms with E-state index in [2.05, 4.69) is 30.4 Å². The second-order valence-electron chi connectivity index (χ2n) is 5.35. The Kier molecular flexibility index (Phi) is 2.94. The van der Waals surface area contributed by atoms with Gasteiger partial charge in [0.05, 0.1) is 0 Å². The van der Waals surface area contributed by atoms with Gasteiger partial charge in [0.1, 0.15) is 13.2 Å². The van der Waals surface area contributed by atoms with Crippen molar-refractivity contribution in [3.8, 4) is 11.5 Å². The summed E-state index contributed by atoms with van der Waals surface area (Å²) in [5.41, 5.74) is 1.72. The van der Waals surface area contributed by atoms with Crippen LogP contribution in [0.15, 0.2) is 18.2 Å². The van der Waals surface area contributed by atoms with Crippen LogP contribution >= 0.6 is 0 Å². The van der Waals surface area contributed by atoms with Crippen molar-refractivity contribution in [1.82, 2.24) is 5.32 Å². The summed E-state index contributed by atoms with van der Waals surface area (Å²) in [5, 5.41) is 3.34. The van der Waals surface area contributed by atoms with Crippen molar-refractivity contribution in [2.75, 3.05) is 26.8 Å². The largest absolute Gasteiger partial charge is 0.486 e. The lowest BCUT2D eigenvalue weighted by Gasteiger charge is -2.22. The summed E-state index contributed by atoms with van der Waals surface area (Å²) in [7, 11) is 2.03. The van der Waals surface area contributed by atoms with Crippen molar-refractivity contribution in [2.45, 2.75) is 25.2 Å². The maximum absolute atomic E-state index is 5.69. The van der Waals surface area contributed by atoms with Gasteiger partial charge in [-0.3, -0.25) is 0 Å². The van der Waals surface area contributed by atoms with Gasteiger partial charge in [-0.1, -0.05) is 19.4 Å². The minimum Gasteiger partial charge on any atom is -0.486 e. The predicted octanol–water partition coefficient (Wildman–Crippen LogP) is 2.34. The van der Waals surface area contributed by atoms with Crippen LogP contribution in [0.2, 0.25) is 0 Å². The van der Waals surface area contributed by atoms with Crippen LogP contribution in [0.5, 0.6) is 11.5 Å². The van der Waals surface area contributed by atoms with E-state index >= 15 is 0 Å². The summed E-state index contributed by atoms with van der Waals surface area (Å²) in [4.78, 5) is 0. The average Bonchev–Trinajstić information content (AvgIpc) is 3.13. The van der Waals surface area contributed by atoms with Crippen LogP contribution in [0.3, 0.4) is 0 Å². The fourth-order valence-corrected chi connectivity index (χ4v) is 3.26. The van der Waals surface area contributed by atoms with Crippen LogP contribution in [-0.2, 0) is 5.41 Å². The van der Waals surface area contributed by atoms with Gasteiger partial charge in [0.25, 0.3) is 0 Å². The van der Waals surface area contributed by atoms with Gasteiger partial charge < -0.3 is 14.8 Å². The molecule has 1 aliphatic heterocycles. The first kappa shape index (κ1) is 11.8. The first-order valence-electron chi connectivity index (χ1n) is 6.85. The van der Waals surface area contributed by atoms with Crippen molar-refractivity contribution in [3.63, 3.8) is 0 Å². The summed E-state index contributed by atoms with van der Waals surface area (Å²) in [6.07, 6.45) is 2.53. The number of hydrogen-bond donors (Lipinski definition) is 1. The molecule has 1 aromatic carbocycles. The van der Waals surface area contributed by atoms with E-state index in [1.807, 2.05) is 7.05 Å². The molecule has 18 heavy (non-hydrogen) atoms. The molecular formula is C15H21NO2. The maximum atomic E-state index is 5.69. The Bertz CT molecular complexity index is 446. The molecule has 1 fully saturated rings. The van der Waals surface area contributed by atoms with E-state index in [1.165, 1.54) is 18.4 Å². The topological polar surface area (TPSA) is 30.5 Å². The predicted molar refractivity (Wildman–Crippen MR) is 71.4 cm³/mol. The first-order chi connectivity index (χ1) is 8.80. The van der Waals surface area contributed by atoms with Crippen molar-refractivity contribution in [2.24, 2.45) is 5.92 Å². The van der Waals surface area contributed by atoms with E-state index in [1.54, 1.807) is 0 Å². The normalized spacial score (nSPS) is 29.1. The van der Waals surface area contributed by atoms with Crippen LogP contribution in [0, 0.1) is 5.92 Å². The van der Waals surface area contributed by atoms with Crippen LogP contribution in [-0.4, -0.2) is 26.8 Å². The molecule has 3 rings (SSSR count). The molecule has 0 aromatic heterocycles. The molecule has 0 spiro atoms. The lowest BCUT2D eigenvalue weighted by atomic mass is 9.92. The first-order valence-corrected chi connectivity index (χ1v) is 6.85. The molecule has 1 N–H and O–H groups in total. The highest BCUT2D eigenvalue weighted by atomic mass is 16.6. The molecule has 2 atom stereocenters. The van der Waals surface area contributed by atoms with Crippen molar-refractivity contribution < 1.29 is 9.47 Å². The van der Waals surface area contributed by atoms with Crippen LogP contribution in [0.4, 0.5) is 0 Å². The van der Waals surface area contributed by atoms with Gasteiger partial charge in [-0.05, 0) is 37.1 Å². The molecular weight excluding hydrogens is 226 g/mol. The van der Waals surface area contributed by atoms with Gasteiger partial charge >= 0.3 is 0 Å². The van der Waals surface area contributed by atoms with Gasteiger partial charge in [0.15, 0.2) is 11.5 Å². The fraction of sp³-hybridized carbons (Fsp3) is 0.600. The quantitative estimate of drug-likeness (QED) is 0.886. The number of nitrogens with one attached hydrogen (secondary N) is 1. The molecule has 0 radical (unpaired) electrons. The van der Waals surface area contributed by atoms with Gasteiger partial charge in [-0.2, -0.15) is 0 Å². The van der Waals surface area contributed by atoms with E-state index in [0.717, 1.165) is 24.0 Å². The molecule has 0 bridgehead atoms. The second kappa shape index (κ2) is 4.47. The van der Waals surface area contributed by atoms with E-state index < -0.39 is 0 Å². The third kappa shape index (κ3) is 1.77. The summed E-state index contributed by atoms with van der Waals surface area (Å²) in [6.45, 7) is 4.64. The third-order valence-electron chi connectivity index (χ3n) is 4.33. The summed E-state index contributed by atoms with van der Waals surface area (Å²) in [5.74, 6) is 2.60. The molecule has 1 saturated carbocycles. The second-order valence-corrected chi connectivity index (χ2v) is 5.35. The monoisotopic (exact) mass is 247 g/mol. The summed E-state index contributed by atoms with van der Waals surface area (Å²) >= 11 is 0. The molecule has 3 nitrogen and oxygen atoms in total. The molecule has 2 aliphatic rings.